The molecule has 2 aromatic carbocycles. The molecule has 0 saturated heterocycles. The Balaban J connectivity index is 1.92. The number of nitrogens with two attached hydrogens (primary N) is 1. The first-order valence-electron chi connectivity index (χ1n) is 6.19. The summed E-state index contributed by atoms with van der Waals surface area (Å²) in [5.74, 6) is -2.35. The lowest BCUT2D eigenvalue weighted by atomic mass is 10.2. The fourth-order valence-corrected chi connectivity index (χ4v) is 1.63. The third-order valence-electron chi connectivity index (χ3n) is 2.82. The van der Waals surface area contributed by atoms with E-state index in [1.54, 1.807) is 18.2 Å². The molecule has 0 saturated carbocycles. The number of nitrogen functional groups attached to an aromatic ring is 1. The second-order valence-electron chi connectivity index (χ2n) is 4.48. The number of aryl methyl sites for hydroxylation is 1. The van der Waals surface area contributed by atoms with Gasteiger partial charge in [0.25, 0.3) is 5.91 Å². The number of ether oxygens (including phenoxy) is 1. The smallest absolute Gasteiger partial charge is 0.262 e. The molecule has 0 aliphatic carbocycles. The van der Waals surface area contributed by atoms with Crippen LogP contribution in [0, 0.1) is 18.6 Å². The van der Waals surface area contributed by atoms with Crippen molar-refractivity contribution in [1.29, 1.82) is 0 Å². The van der Waals surface area contributed by atoms with Crippen molar-refractivity contribution >= 4 is 17.3 Å². The molecular formula is C15H14F2N2O2. The number of halogens is 2. The summed E-state index contributed by atoms with van der Waals surface area (Å²) in [6.07, 6.45) is 0. The van der Waals surface area contributed by atoms with Gasteiger partial charge in [-0.25, -0.2) is 8.78 Å². The Morgan fingerprint density at radius 3 is 2.62 bits per heavy atom. The van der Waals surface area contributed by atoms with Gasteiger partial charge < -0.3 is 15.8 Å². The fourth-order valence-electron chi connectivity index (χ4n) is 1.63. The molecule has 2 rings (SSSR count). The number of benzene rings is 2. The van der Waals surface area contributed by atoms with Gasteiger partial charge in [-0.3, -0.25) is 4.79 Å². The largest absolute Gasteiger partial charge is 0.484 e. The van der Waals surface area contributed by atoms with E-state index in [0.29, 0.717) is 11.4 Å². The molecule has 0 unspecified atom stereocenters. The van der Waals surface area contributed by atoms with Gasteiger partial charge in [0, 0.05) is 17.4 Å². The van der Waals surface area contributed by atoms with Gasteiger partial charge in [0.2, 0.25) is 0 Å². The second-order valence-corrected chi connectivity index (χ2v) is 4.48. The molecule has 0 aromatic heterocycles. The van der Waals surface area contributed by atoms with Crippen LogP contribution in [0.3, 0.4) is 0 Å². The van der Waals surface area contributed by atoms with Crippen molar-refractivity contribution in [2.45, 2.75) is 6.92 Å². The van der Waals surface area contributed by atoms with Gasteiger partial charge >= 0.3 is 0 Å². The van der Waals surface area contributed by atoms with E-state index in [1.807, 2.05) is 6.92 Å². The minimum absolute atomic E-state index is 0.0764. The fraction of sp³-hybridized carbons (Fsp3) is 0.133. The Bertz CT molecular complexity index is 675. The van der Waals surface area contributed by atoms with Gasteiger partial charge in [0.1, 0.15) is 5.75 Å². The molecule has 110 valence electrons. The zero-order valence-electron chi connectivity index (χ0n) is 11.3. The normalized spacial score (nSPS) is 10.2. The Labute approximate surface area is 120 Å². The van der Waals surface area contributed by atoms with Crippen LogP contribution >= 0.6 is 0 Å². The first-order valence-corrected chi connectivity index (χ1v) is 6.19. The predicted octanol–water partition coefficient (Wildman–Crippen LogP) is 2.87. The number of carbonyl (C=O) groups excluding carboxylic acids is 1. The molecule has 0 bridgehead atoms. The molecule has 4 nitrogen and oxygen atoms in total. The van der Waals surface area contributed by atoms with Crippen LogP contribution in [0.25, 0.3) is 0 Å². The number of nitrogens with one attached hydrogen (secondary N) is 1. The number of hydrogen-bond acceptors (Lipinski definition) is 3. The predicted molar refractivity (Wildman–Crippen MR) is 76.1 cm³/mol. The van der Waals surface area contributed by atoms with Crippen molar-refractivity contribution in [2.24, 2.45) is 0 Å². The van der Waals surface area contributed by atoms with E-state index in [2.05, 4.69) is 5.32 Å². The monoisotopic (exact) mass is 292 g/mol. The van der Waals surface area contributed by atoms with E-state index in [4.69, 9.17) is 10.5 Å². The zero-order chi connectivity index (χ0) is 15.4. The second kappa shape index (κ2) is 6.21. The number of rotatable bonds is 4. The Kier molecular flexibility index (Phi) is 4.37. The maximum atomic E-state index is 13.0. The van der Waals surface area contributed by atoms with Crippen molar-refractivity contribution in [3.8, 4) is 5.75 Å². The summed E-state index contributed by atoms with van der Waals surface area (Å²) in [5, 5.41) is 2.59. The van der Waals surface area contributed by atoms with Gasteiger partial charge in [0.15, 0.2) is 18.2 Å². The highest BCUT2D eigenvalue weighted by Gasteiger charge is 2.07. The first kappa shape index (κ1) is 14.8. The SMILES string of the molecule is Cc1ccc(NC(=O)COc2ccc(F)c(F)c2)cc1N. The lowest BCUT2D eigenvalue weighted by Crippen LogP contribution is -2.20. The highest BCUT2D eigenvalue weighted by atomic mass is 19.2. The Hall–Kier alpha value is -2.63. The quantitative estimate of drug-likeness (QED) is 0.852. The van der Waals surface area contributed by atoms with Crippen LogP contribution in [-0.4, -0.2) is 12.5 Å². The van der Waals surface area contributed by atoms with E-state index in [1.165, 1.54) is 6.07 Å². The van der Waals surface area contributed by atoms with Crippen LogP contribution in [0.1, 0.15) is 5.56 Å². The maximum absolute atomic E-state index is 13.0. The minimum Gasteiger partial charge on any atom is -0.484 e. The number of amides is 1. The third kappa shape index (κ3) is 3.92. The van der Waals surface area contributed by atoms with Gasteiger partial charge in [-0.1, -0.05) is 6.07 Å². The van der Waals surface area contributed by atoms with Crippen molar-refractivity contribution in [3.05, 3.63) is 53.6 Å². The lowest BCUT2D eigenvalue weighted by Gasteiger charge is -2.09. The molecule has 3 N–H and O–H groups in total. The van der Waals surface area contributed by atoms with Crippen LogP contribution in [-0.2, 0) is 4.79 Å². The molecule has 6 heteroatoms. The van der Waals surface area contributed by atoms with E-state index in [9.17, 15) is 13.6 Å². The van der Waals surface area contributed by atoms with Crippen molar-refractivity contribution in [3.63, 3.8) is 0 Å². The maximum Gasteiger partial charge on any atom is 0.262 e. The minimum atomic E-state index is -1.03. The summed E-state index contributed by atoms with van der Waals surface area (Å²) in [4.78, 5) is 11.7. The summed E-state index contributed by atoms with van der Waals surface area (Å²) in [6, 6.07) is 8.18. The lowest BCUT2D eigenvalue weighted by molar-refractivity contribution is -0.118. The summed E-state index contributed by atoms with van der Waals surface area (Å²) in [5.41, 5.74) is 7.74. The van der Waals surface area contributed by atoms with Crippen LogP contribution in [0.4, 0.5) is 20.2 Å². The standard InChI is InChI=1S/C15H14F2N2O2/c1-9-2-3-10(6-14(9)18)19-15(20)8-21-11-4-5-12(16)13(17)7-11/h2-7H,8,18H2,1H3,(H,19,20). The summed E-state index contributed by atoms with van der Waals surface area (Å²) in [6.45, 7) is 1.53. The van der Waals surface area contributed by atoms with Crippen LogP contribution in [0.2, 0.25) is 0 Å². The molecule has 2 aromatic rings. The molecular weight excluding hydrogens is 278 g/mol. The zero-order valence-corrected chi connectivity index (χ0v) is 11.3. The molecule has 0 spiro atoms. The van der Waals surface area contributed by atoms with E-state index >= 15 is 0 Å². The summed E-state index contributed by atoms with van der Waals surface area (Å²) < 4.78 is 30.8. The topological polar surface area (TPSA) is 64.3 Å². The van der Waals surface area contributed by atoms with Crippen molar-refractivity contribution < 1.29 is 18.3 Å². The molecule has 0 atom stereocenters. The molecule has 0 heterocycles. The Morgan fingerprint density at radius 1 is 1.19 bits per heavy atom. The Morgan fingerprint density at radius 2 is 1.95 bits per heavy atom. The van der Waals surface area contributed by atoms with Crippen molar-refractivity contribution in [2.75, 3.05) is 17.7 Å². The molecule has 21 heavy (non-hydrogen) atoms. The average Bonchev–Trinajstić information content (AvgIpc) is 2.44. The highest BCUT2D eigenvalue weighted by molar-refractivity contribution is 5.92. The average molecular weight is 292 g/mol. The first-order chi connectivity index (χ1) is 9.95. The molecule has 0 aliphatic rings. The third-order valence-corrected chi connectivity index (χ3v) is 2.82. The van der Waals surface area contributed by atoms with E-state index in [0.717, 1.165) is 17.7 Å². The summed E-state index contributed by atoms with van der Waals surface area (Å²) >= 11 is 0. The summed E-state index contributed by atoms with van der Waals surface area (Å²) in [7, 11) is 0. The van der Waals surface area contributed by atoms with Gasteiger partial charge in [-0.05, 0) is 36.8 Å². The van der Waals surface area contributed by atoms with Crippen LogP contribution in [0.5, 0.6) is 5.75 Å². The van der Waals surface area contributed by atoms with E-state index in [-0.39, 0.29) is 12.4 Å². The van der Waals surface area contributed by atoms with E-state index < -0.39 is 17.5 Å². The molecule has 0 aliphatic heterocycles. The molecule has 1 amide bonds. The van der Waals surface area contributed by atoms with Crippen LogP contribution in [0.15, 0.2) is 36.4 Å². The van der Waals surface area contributed by atoms with Crippen LogP contribution < -0.4 is 15.8 Å². The molecule has 0 radical (unpaired) electrons. The highest BCUT2D eigenvalue weighted by Crippen LogP contribution is 2.17. The molecule has 0 fully saturated rings. The number of anilines is 2. The van der Waals surface area contributed by atoms with Gasteiger partial charge in [-0.15, -0.1) is 0 Å². The van der Waals surface area contributed by atoms with Crippen molar-refractivity contribution in [1.82, 2.24) is 0 Å². The van der Waals surface area contributed by atoms with Gasteiger partial charge in [-0.2, -0.15) is 0 Å². The number of carbonyl (C=O) groups is 1. The number of hydrogen-bond donors (Lipinski definition) is 2. The van der Waals surface area contributed by atoms with Gasteiger partial charge in [0.05, 0.1) is 0 Å².